The van der Waals surface area contributed by atoms with Crippen molar-refractivity contribution in [1.82, 2.24) is 10.3 Å². The summed E-state index contributed by atoms with van der Waals surface area (Å²) in [6, 6.07) is 0. The number of hydrogen-bond donors (Lipinski definition) is 1. The van der Waals surface area contributed by atoms with Gasteiger partial charge >= 0.3 is 0 Å². The summed E-state index contributed by atoms with van der Waals surface area (Å²) in [5.41, 5.74) is 1.59. The zero-order chi connectivity index (χ0) is 15.2. The molecule has 0 radical (unpaired) electrons. The van der Waals surface area contributed by atoms with Crippen LogP contribution in [-0.4, -0.2) is 25.1 Å². The fourth-order valence-corrected chi connectivity index (χ4v) is 3.30. The average Bonchev–Trinajstić information content (AvgIpc) is 2.72. The van der Waals surface area contributed by atoms with Crippen LogP contribution in [0.3, 0.4) is 0 Å². The summed E-state index contributed by atoms with van der Waals surface area (Å²) >= 11 is 1.85. The maximum absolute atomic E-state index is 4.87. The summed E-state index contributed by atoms with van der Waals surface area (Å²) in [7, 11) is 2.16. The van der Waals surface area contributed by atoms with Crippen LogP contribution < -0.4 is 10.2 Å². The molecule has 1 aromatic rings. The molecule has 0 unspecified atom stereocenters. The van der Waals surface area contributed by atoms with Crippen LogP contribution in [0.4, 0.5) is 5.13 Å². The summed E-state index contributed by atoms with van der Waals surface area (Å²) in [6.07, 6.45) is 3.43. The molecular weight excluding hydrogens is 266 g/mol. The normalized spacial score (nSPS) is 11.9. The van der Waals surface area contributed by atoms with Crippen LogP contribution in [0.15, 0.2) is 0 Å². The first-order chi connectivity index (χ1) is 9.37. The van der Waals surface area contributed by atoms with Crippen LogP contribution >= 0.6 is 11.3 Å². The van der Waals surface area contributed by atoms with E-state index >= 15 is 0 Å². The summed E-state index contributed by atoms with van der Waals surface area (Å²) in [5, 5.41) is 4.67. The smallest absolute Gasteiger partial charge is 0.185 e. The van der Waals surface area contributed by atoms with E-state index < -0.39 is 0 Å². The van der Waals surface area contributed by atoms with Gasteiger partial charge in [-0.3, -0.25) is 0 Å². The molecule has 0 saturated heterocycles. The van der Waals surface area contributed by atoms with Crippen LogP contribution in [0.5, 0.6) is 0 Å². The first-order valence-corrected chi connectivity index (χ1v) is 8.59. The fraction of sp³-hybridized carbons (Fsp3) is 0.812. The lowest BCUT2D eigenvalue weighted by atomic mass is 9.96. The van der Waals surface area contributed by atoms with Gasteiger partial charge in [0.25, 0.3) is 0 Å². The Hall–Kier alpha value is -0.610. The molecule has 116 valence electrons. The number of thiazole rings is 1. The minimum Gasteiger partial charge on any atom is -0.351 e. The number of hydrogen-bond acceptors (Lipinski definition) is 4. The van der Waals surface area contributed by atoms with Crippen molar-refractivity contribution in [2.75, 3.05) is 25.0 Å². The molecule has 0 spiro atoms. The Bertz CT molecular complexity index is 393. The molecule has 0 atom stereocenters. The second kappa shape index (κ2) is 7.99. The highest BCUT2D eigenvalue weighted by Gasteiger charge is 2.18. The third kappa shape index (κ3) is 5.80. The van der Waals surface area contributed by atoms with Gasteiger partial charge in [-0.05, 0) is 24.8 Å². The van der Waals surface area contributed by atoms with E-state index in [1.54, 1.807) is 0 Å². The maximum Gasteiger partial charge on any atom is 0.185 e. The van der Waals surface area contributed by atoms with E-state index in [1.165, 1.54) is 17.0 Å². The third-order valence-electron chi connectivity index (χ3n) is 3.00. The highest BCUT2D eigenvalue weighted by atomic mass is 32.1. The van der Waals surface area contributed by atoms with Gasteiger partial charge in [-0.25, -0.2) is 4.98 Å². The van der Waals surface area contributed by atoms with Crippen molar-refractivity contribution in [2.45, 2.75) is 60.4 Å². The largest absolute Gasteiger partial charge is 0.351 e. The predicted molar refractivity (Wildman–Crippen MR) is 90.8 cm³/mol. The Morgan fingerprint density at radius 3 is 2.45 bits per heavy atom. The number of rotatable bonds is 8. The van der Waals surface area contributed by atoms with Crippen molar-refractivity contribution in [2.24, 2.45) is 5.41 Å². The molecule has 0 aromatic carbocycles. The summed E-state index contributed by atoms with van der Waals surface area (Å²) in [6.45, 7) is 14.3. The molecule has 0 fully saturated rings. The van der Waals surface area contributed by atoms with Gasteiger partial charge in [-0.2, -0.15) is 0 Å². The highest BCUT2D eigenvalue weighted by molar-refractivity contribution is 7.15. The Labute approximate surface area is 128 Å². The number of aromatic nitrogens is 1. The zero-order valence-corrected chi connectivity index (χ0v) is 14.9. The van der Waals surface area contributed by atoms with E-state index in [-0.39, 0.29) is 0 Å². The van der Waals surface area contributed by atoms with Gasteiger partial charge < -0.3 is 10.2 Å². The van der Waals surface area contributed by atoms with Crippen LogP contribution in [-0.2, 0) is 13.0 Å². The Morgan fingerprint density at radius 2 is 1.90 bits per heavy atom. The quantitative estimate of drug-likeness (QED) is 0.733. The first kappa shape index (κ1) is 17.4. The van der Waals surface area contributed by atoms with Crippen molar-refractivity contribution in [3.8, 4) is 0 Å². The number of aryl methyl sites for hydroxylation is 1. The molecular formula is C16H31N3S. The van der Waals surface area contributed by atoms with Gasteiger partial charge in [0.2, 0.25) is 0 Å². The Kier molecular flexibility index (Phi) is 6.96. The van der Waals surface area contributed by atoms with E-state index in [9.17, 15) is 0 Å². The molecule has 0 saturated carbocycles. The van der Waals surface area contributed by atoms with E-state index in [1.807, 2.05) is 11.3 Å². The van der Waals surface area contributed by atoms with Gasteiger partial charge in [0.15, 0.2) is 5.13 Å². The zero-order valence-electron chi connectivity index (χ0n) is 14.0. The SMILES string of the molecule is CCCNCc1sc(N(C)CC(C)(C)C)nc1CCC. The molecule has 20 heavy (non-hydrogen) atoms. The molecule has 1 rings (SSSR count). The lowest BCUT2D eigenvalue weighted by Crippen LogP contribution is -2.28. The lowest BCUT2D eigenvalue weighted by molar-refractivity contribution is 0.418. The molecule has 1 aromatic heterocycles. The molecule has 0 aliphatic heterocycles. The maximum atomic E-state index is 4.87. The molecule has 3 nitrogen and oxygen atoms in total. The van der Waals surface area contributed by atoms with Crippen LogP contribution in [0.1, 0.15) is 58.0 Å². The third-order valence-corrected chi connectivity index (χ3v) is 4.22. The lowest BCUT2D eigenvalue weighted by Gasteiger charge is -2.26. The van der Waals surface area contributed by atoms with Crippen molar-refractivity contribution in [1.29, 1.82) is 0 Å². The minimum atomic E-state index is 0.298. The topological polar surface area (TPSA) is 28.2 Å². The summed E-state index contributed by atoms with van der Waals surface area (Å²) in [4.78, 5) is 8.58. The van der Waals surface area contributed by atoms with Crippen LogP contribution in [0.25, 0.3) is 0 Å². The van der Waals surface area contributed by atoms with E-state index in [0.717, 1.165) is 37.6 Å². The van der Waals surface area contributed by atoms with Crippen molar-refractivity contribution in [3.05, 3.63) is 10.6 Å². The van der Waals surface area contributed by atoms with Crippen molar-refractivity contribution >= 4 is 16.5 Å². The molecule has 0 bridgehead atoms. The van der Waals surface area contributed by atoms with E-state index in [4.69, 9.17) is 4.98 Å². The first-order valence-electron chi connectivity index (χ1n) is 7.77. The number of nitrogens with zero attached hydrogens (tertiary/aromatic N) is 2. The minimum absolute atomic E-state index is 0.298. The molecule has 0 amide bonds. The standard InChI is InChI=1S/C16H31N3S/c1-7-9-13-14(11-17-10-8-2)20-15(18-13)19(6)12-16(3,4)5/h17H,7-12H2,1-6H3. The molecule has 0 aliphatic carbocycles. The highest BCUT2D eigenvalue weighted by Crippen LogP contribution is 2.28. The van der Waals surface area contributed by atoms with Crippen LogP contribution in [0.2, 0.25) is 0 Å². The van der Waals surface area contributed by atoms with Gasteiger partial charge in [-0.15, -0.1) is 11.3 Å². The second-order valence-electron chi connectivity index (χ2n) is 6.71. The number of nitrogens with one attached hydrogen (secondary N) is 1. The van der Waals surface area contributed by atoms with Crippen molar-refractivity contribution < 1.29 is 0 Å². The summed E-state index contributed by atoms with van der Waals surface area (Å²) in [5.74, 6) is 0. The number of anilines is 1. The Morgan fingerprint density at radius 1 is 1.20 bits per heavy atom. The second-order valence-corrected chi connectivity index (χ2v) is 7.77. The molecule has 1 N–H and O–H groups in total. The molecule has 4 heteroatoms. The van der Waals surface area contributed by atoms with Gasteiger partial charge in [0.05, 0.1) is 5.69 Å². The average molecular weight is 298 g/mol. The Balaban J connectivity index is 2.79. The fourth-order valence-electron chi connectivity index (χ4n) is 2.26. The van der Waals surface area contributed by atoms with E-state index in [0.29, 0.717) is 5.41 Å². The monoisotopic (exact) mass is 297 g/mol. The molecule has 1 heterocycles. The summed E-state index contributed by atoms with van der Waals surface area (Å²) < 4.78 is 0. The molecule has 0 aliphatic rings. The van der Waals surface area contributed by atoms with Crippen LogP contribution in [0, 0.1) is 5.41 Å². The van der Waals surface area contributed by atoms with Gasteiger partial charge in [-0.1, -0.05) is 41.0 Å². The van der Waals surface area contributed by atoms with Gasteiger partial charge in [0.1, 0.15) is 0 Å². The van der Waals surface area contributed by atoms with E-state index in [2.05, 4.69) is 51.9 Å². The van der Waals surface area contributed by atoms with Gasteiger partial charge in [0, 0.05) is 25.0 Å². The van der Waals surface area contributed by atoms with Crippen molar-refractivity contribution in [3.63, 3.8) is 0 Å². The predicted octanol–water partition coefficient (Wildman–Crippen LogP) is 4.08.